The van der Waals surface area contributed by atoms with Gasteiger partial charge >= 0.3 is 0 Å². The van der Waals surface area contributed by atoms with Crippen LogP contribution in [-0.4, -0.2) is 0 Å². The smallest absolute Gasteiger partial charge is 0.0280 e. The van der Waals surface area contributed by atoms with Crippen molar-refractivity contribution in [2.45, 2.75) is 60.3 Å². The average Bonchev–Trinajstić information content (AvgIpc) is 2.00. The molecule has 0 aliphatic carbocycles. The molecule has 0 heterocycles. The molecule has 11 heavy (non-hydrogen) atoms. The molecule has 0 aliphatic heterocycles. The first-order valence-corrected chi connectivity index (χ1v) is 5.13. The molecule has 68 valence electrons. The highest BCUT2D eigenvalue weighted by molar-refractivity contribution is 4.78. The highest BCUT2D eigenvalue weighted by atomic mass is 14.3. The summed E-state index contributed by atoms with van der Waals surface area (Å²) in [6, 6.07) is 0. The lowest BCUT2D eigenvalue weighted by Crippen LogP contribution is -2.25. The number of hydrogen-bond acceptors (Lipinski definition) is 0. The fourth-order valence-corrected chi connectivity index (χ4v) is 2.21. The van der Waals surface area contributed by atoms with E-state index in [1.54, 1.807) is 0 Å². The van der Waals surface area contributed by atoms with Gasteiger partial charge < -0.3 is 0 Å². The molecule has 0 nitrogen and oxygen atoms in total. The van der Waals surface area contributed by atoms with E-state index < -0.39 is 0 Å². The van der Waals surface area contributed by atoms with Crippen LogP contribution in [0, 0.1) is 11.3 Å². The Morgan fingerprint density at radius 3 is 1.55 bits per heavy atom. The molecule has 0 aliphatic rings. The van der Waals surface area contributed by atoms with Crippen molar-refractivity contribution >= 4 is 0 Å². The van der Waals surface area contributed by atoms with E-state index in [9.17, 15) is 0 Å². The van der Waals surface area contributed by atoms with Gasteiger partial charge in [0.2, 0.25) is 0 Å². The van der Waals surface area contributed by atoms with E-state index in [1.165, 1.54) is 25.7 Å². The Hall–Kier alpha value is 0. The molecular formula is C11H24. The average molecular weight is 156 g/mol. The van der Waals surface area contributed by atoms with E-state index in [-0.39, 0.29) is 0 Å². The molecule has 0 amide bonds. The van der Waals surface area contributed by atoms with Crippen LogP contribution in [0.15, 0.2) is 0 Å². The van der Waals surface area contributed by atoms with Gasteiger partial charge in [0.1, 0.15) is 0 Å². The van der Waals surface area contributed by atoms with Crippen molar-refractivity contribution in [3.63, 3.8) is 0 Å². The minimum absolute atomic E-state index is 0.634. The summed E-state index contributed by atoms with van der Waals surface area (Å²) >= 11 is 0. The molecule has 0 heteroatoms. The Bertz CT molecular complexity index is 88.2. The first kappa shape index (κ1) is 11.0. The van der Waals surface area contributed by atoms with Crippen molar-refractivity contribution in [1.29, 1.82) is 0 Å². The normalized spacial score (nSPS) is 12.5. The Morgan fingerprint density at radius 2 is 1.45 bits per heavy atom. The van der Waals surface area contributed by atoms with E-state index >= 15 is 0 Å². The predicted molar refractivity (Wildman–Crippen MR) is 52.8 cm³/mol. The van der Waals surface area contributed by atoms with Gasteiger partial charge in [0, 0.05) is 0 Å². The van der Waals surface area contributed by atoms with Crippen molar-refractivity contribution in [1.82, 2.24) is 0 Å². The maximum atomic E-state index is 2.36. The molecule has 0 radical (unpaired) electrons. The molecule has 0 rings (SSSR count). The van der Waals surface area contributed by atoms with Crippen LogP contribution in [0.1, 0.15) is 60.3 Å². The zero-order valence-electron chi connectivity index (χ0n) is 8.91. The van der Waals surface area contributed by atoms with Crippen molar-refractivity contribution in [3.8, 4) is 0 Å². The van der Waals surface area contributed by atoms with Crippen LogP contribution in [-0.2, 0) is 0 Å². The standard InChI is InChI=1S/C11H24/c1-6-9-11(7-2,8-3)10(4)5/h10H,6-9H2,1-5H3. The Labute approximate surface area is 72.4 Å². The fraction of sp³-hybridized carbons (Fsp3) is 1.00. The van der Waals surface area contributed by atoms with Crippen molar-refractivity contribution in [2.75, 3.05) is 0 Å². The highest BCUT2D eigenvalue weighted by Gasteiger charge is 2.28. The SMILES string of the molecule is CCCC(CC)(CC)C(C)C. The molecule has 0 aromatic heterocycles. The summed E-state index contributed by atoms with van der Waals surface area (Å²) in [6.45, 7) is 11.7. The van der Waals surface area contributed by atoms with Gasteiger partial charge in [-0.15, -0.1) is 0 Å². The summed E-state index contributed by atoms with van der Waals surface area (Å²) in [5.41, 5.74) is 0.634. The summed E-state index contributed by atoms with van der Waals surface area (Å²) in [4.78, 5) is 0. The summed E-state index contributed by atoms with van der Waals surface area (Å²) in [7, 11) is 0. The Balaban J connectivity index is 4.20. The van der Waals surface area contributed by atoms with Gasteiger partial charge in [0.05, 0.1) is 0 Å². The molecule has 0 bridgehead atoms. The second-order valence-electron chi connectivity index (χ2n) is 3.97. The first-order valence-electron chi connectivity index (χ1n) is 5.13. The summed E-state index contributed by atoms with van der Waals surface area (Å²) in [5, 5.41) is 0. The quantitative estimate of drug-likeness (QED) is 0.558. The topological polar surface area (TPSA) is 0 Å². The van der Waals surface area contributed by atoms with Crippen molar-refractivity contribution in [2.24, 2.45) is 11.3 Å². The lowest BCUT2D eigenvalue weighted by molar-refractivity contribution is 0.152. The molecule has 0 fully saturated rings. The zero-order valence-corrected chi connectivity index (χ0v) is 8.91. The molecule has 0 N–H and O–H groups in total. The largest absolute Gasteiger partial charge is 0.0654 e. The monoisotopic (exact) mass is 156 g/mol. The molecule has 0 unspecified atom stereocenters. The van der Waals surface area contributed by atoms with Gasteiger partial charge in [-0.25, -0.2) is 0 Å². The molecule has 0 spiro atoms. The molecule has 0 aromatic rings. The van der Waals surface area contributed by atoms with E-state index in [1.807, 2.05) is 0 Å². The van der Waals surface area contributed by atoms with E-state index in [0.29, 0.717) is 5.41 Å². The van der Waals surface area contributed by atoms with E-state index in [2.05, 4.69) is 34.6 Å². The van der Waals surface area contributed by atoms with Crippen LogP contribution in [0.3, 0.4) is 0 Å². The van der Waals surface area contributed by atoms with E-state index in [4.69, 9.17) is 0 Å². The molecule has 0 atom stereocenters. The van der Waals surface area contributed by atoms with Crippen LogP contribution in [0.2, 0.25) is 0 Å². The number of hydrogen-bond donors (Lipinski definition) is 0. The van der Waals surface area contributed by atoms with Crippen LogP contribution < -0.4 is 0 Å². The van der Waals surface area contributed by atoms with Crippen molar-refractivity contribution in [3.05, 3.63) is 0 Å². The van der Waals surface area contributed by atoms with Crippen LogP contribution >= 0.6 is 0 Å². The minimum atomic E-state index is 0.634. The highest BCUT2D eigenvalue weighted by Crippen LogP contribution is 2.39. The molecular weight excluding hydrogens is 132 g/mol. The predicted octanol–water partition coefficient (Wildman–Crippen LogP) is 4.25. The fourth-order valence-electron chi connectivity index (χ4n) is 2.21. The Kier molecular flexibility index (Phi) is 4.79. The maximum Gasteiger partial charge on any atom is -0.0280 e. The van der Waals surface area contributed by atoms with Gasteiger partial charge in [-0.1, -0.05) is 53.9 Å². The van der Waals surface area contributed by atoms with Crippen LogP contribution in [0.25, 0.3) is 0 Å². The summed E-state index contributed by atoms with van der Waals surface area (Å²) in [5.74, 6) is 0.845. The Morgan fingerprint density at radius 1 is 1.00 bits per heavy atom. The second kappa shape index (κ2) is 4.79. The summed E-state index contributed by atoms with van der Waals surface area (Å²) < 4.78 is 0. The second-order valence-corrected chi connectivity index (χ2v) is 3.97. The van der Waals surface area contributed by atoms with Gasteiger partial charge in [0.25, 0.3) is 0 Å². The molecule has 0 saturated heterocycles. The minimum Gasteiger partial charge on any atom is -0.0654 e. The van der Waals surface area contributed by atoms with Gasteiger partial charge in [-0.3, -0.25) is 0 Å². The molecule has 0 saturated carbocycles. The summed E-state index contributed by atoms with van der Waals surface area (Å²) in [6.07, 6.45) is 5.42. The van der Waals surface area contributed by atoms with Crippen molar-refractivity contribution < 1.29 is 0 Å². The lowest BCUT2D eigenvalue weighted by atomic mass is 9.70. The third-order valence-electron chi connectivity index (χ3n) is 3.38. The first-order chi connectivity index (χ1) is 5.13. The maximum absolute atomic E-state index is 2.36. The number of rotatable bonds is 5. The van der Waals surface area contributed by atoms with Crippen LogP contribution in [0.4, 0.5) is 0 Å². The van der Waals surface area contributed by atoms with Gasteiger partial charge in [-0.2, -0.15) is 0 Å². The molecule has 0 aromatic carbocycles. The van der Waals surface area contributed by atoms with Gasteiger partial charge in [-0.05, 0) is 17.8 Å². The zero-order chi connectivity index (χ0) is 8.91. The third kappa shape index (κ3) is 2.50. The van der Waals surface area contributed by atoms with E-state index in [0.717, 1.165) is 5.92 Å². The lowest BCUT2D eigenvalue weighted by Gasteiger charge is -2.35. The third-order valence-corrected chi connectivity index (χ3v) is 3.38. The van der Waals surface area contributed by atoms with Crippen LogP contribution in [0.5, 0.6) is 0 Å². The van der Waals surface area contributed by atoms with Gasteiger partial charge in [0.15, 0.2) is 0 Å².